The predicted octanol–water partition coefficient (Wildman–Crippen LogP) is 4.61. The molecule has 3 heterocycles. The third-order valence-electron chi connectivity index (χ3n) is 8.70. The molecule has 6 nitrogen and oxygen atoms in total. The molecule has 188 valence electrons. The quantitative estimate of drug-likeness (QED) is 0.648. The normalized spacial score (nSPS) is 26.3. The van der Waals surface area contributed by atoms with Crippen molar-refractivity contribution in [3.8, 4) is 0 Å². The number of nitrogens with zero attached hydrogens (tertiary/aromatic N) is 3. The van der Waals surface area contributed by atoms with Gasteiger partial charge in [0.05, 0.1) is 17.3 Å². The first-order chi connectivity index (χ1) is 17.4. The fraction of sp³-hybridized carbons (Fsp3) is 0.448. The fourth-order valence-electron chi connectivity index (χ4n) is 6.59. The summed E-state index contributed by atoms with van der Waals surface area (Å²) >= 11 is 0. The molecular formula is C29H33FN4O2. The van der Waals surface area contributed by atoms with E-state index in [4.69, 9.17) is 5.10 Å². The van der Waals surface area contributed by atoms with Gasteiger partial charge in [-0.25, -0.2) is 4.39 Å². The molecule has 2 aliphatic carbocycles. The SMILES string of the molecule is CC(C(=O)O)[C@H]1CC[C@H](N2CC=C(C3=C4NN=C5C=Cc6cc(F)cc(c65)C4=CN(C)C3)CC2)CC1. The summed E-state index contributed by atoms with van der Waals surface area (Å²) in [7, 11) is 2.07. The number of fused-ring (bicyclic) bond motifs is 2. The number of rotatable bonds is 4. The second kappa shape index (κ2) is 9.04. The summed E-state index contributed by atoms with van der Waals surface area (Å²) in [6.45, 7) is 4.55. The molecule has 0 bridgehead atoms. The van der Waals surface area contributed by atoms with Gasteiger partial charge in [-0.3, -0.25) is 15.1 Å². The van der Waals surface area contributed by atoms with E-state index in [1.54, 1.807) is 12.1 Å². The van der Waals surface area contributed by atoms with Gasteiger partial charge in [-0.05, 0) is 72.9 Å². The summed E-state index contributed by atoms with van der Waals surface area (Å²) in [4.78, 5) is 16.1. The molecule has 0 radical (unpaired) electrons. The molecule has 1 saturated carbocycles. The van der Waals surface area contributed by atoms with Gasteiger partial charge in [0.1, 0.15) is 5.82 Å². The molecule has 1 fully saturated rings. The van der Waals surface area contributed by atoms with E-state index >= 15 is 0 Å². The van der Waals surface area contributed by atoms with Crippen LogP contribution in [0, 0.1) is 17.7 Å². The van der Waals surface area contributed by atoms with Crippen molar-refractivity contribution in [3.05, 3.63) is 69.8 Å². The first kappa shape index (κ1) is 23.2. The zero-order chi connectivity index (χ0) is 25.0. The van der Waals surface area contributed by atoms with Crippen LogP contribution in [-0.4, -0.2) is 59.3 Å². The van der Waals surface area contributed by atoms with Gasteiger partial charge in [-0.2, -0.15) is 5.10 Å². The summed E-state index contributed by atoms with van der Waals surface area (Å²) in [5, 5.41) is 14.1. The standard InChI is InChI=1S/C29H33FN4O2/c1-17(29(35)36)18-3-6-22(7-4-18)34-11-9-19(10-12-34)24-15-33(2)16-25-23-14-21(30)13-20-5-8-26(27(20)23)31-32-28(24)25/h5,8-9,13-14,16-18,22,32H,3-4,6-7,10-12,15H2,1-2H3,(H,35,36)/t17?,18-,22-. The Kier molecular flexibility index (Phi) is 5.83. The third-order valence-corrected chi connectivity index (χ3v) is 8.70. The van der Waals surface area contributed by atoms with Crippen LogP contribution >= 0.6 is 0 Å². The Hall–Kier alpha value is -3.19. The topological polar surface area (TPSA) is 68.2 Å². The van der Waals surface area contributed by atoms with E-state index in [9.17, 15) is 14.3 Å². The van der Waals surface area contributed by atoms with Crippen molar-refractivity contribution >= 4 is 23.3 Å². The lowest BCUT2D eigenvalue weighted by atomic mass is 9.78. The maximum atomic E-state index is 14.5. The van der Waals surface area contributed by atoms with Gasteiger partial charge in [0, 0.05) is 55.6 Å². The van der Waals surface area contributed by atoms with Crippen LogP contribution in [0.3, 0.4) is 0 Å². The molecule has 5 aliphatic rings. The number of carboxylic acids is 1. The van der Waals surface area contributed by atoms with Crippen LogP contribution in [0.1, 0.15) is 55.7 Å². The van der Waals surface area contributed by atoms with Crippen molar-refractivity contribution < 1.29 is 14.3 Å². The van der Waals surface area contributed by atoms with Crippen molar-refractivity contribution in [2.24, 2.45) is 16.9 Å². The molecule has 6 rings (SSSR count). The van der Waals surface area contributed by atoms with Crippen LogP contribution in [-0.2, 0) is 4.79 Å². The molecule has 1 unspecified atom stereocenters. The van der Waals surface area contributed by atoms with Gasteiger partial charge in [0.15, 0.2) is 0 Å². The number of nitrogens with one attached hydrogen (secondary N) is 1. The fourth-order valence-corrected chi connectivity index (χ4v) is 6.59. The number of benzene rings is 1. The van der Waals surface area contributed by atoms with E-state index in [-0.39, 0.29) is 11.7 Å². The lowest BCUT2D eigenvalue weighted by Gasteiger charge is -2.40. The molecule has 1 atom stereocenters. The number of allylic oxidation sites excluding steroid dienone is 2. The predicted molar refractivity (Wildman–Crippen MR) is 140 cm³/mol. The summed E-state index contributed by atoms with van der Waals surface area (Å²) in [6.07, 6.45) is 13.4. The number of likely N-dealkylation sites (N-methyl/N-ethyl adjacent to an activating group) is 1. The molecule has 36 heavy (non-hydrogen) atoms. The van der Waals surface area contributed by atoms with Gasteiger partial charge in [0.2, 0.25) is 0 Å². The zero-order valence-corrected chi connectivity index (χ0v) is 20.9. The molecule has 2 N–H and O–H groups in total. The van der Waals surface area contributed by atoms with Gasteiger partial charge in [-0.15, -0.1) is 0 Å². The molecule has 0 spiro atoms. The van der Waals surface area contributed by atoms with Crippen LogP contribution in [0.5, 0.6) is 0 Å². The Labute approximate surface area is 211 Å². The maximum absolute atomic E-state index is 14.5. The summed E-state index contributed by atoms with van der Waals surface area (Å²) in [6, 6.07) is 3.74. The van der Waals surface area contributed by atoms with Crippen LogP contribution in [0.2, 0.25) is 0 Å². The Morgan fingerprint density at radius 3 is 2.75 bits per heavy atom. The first-order valence-corrected chi connectivity index (χ1v) is 13.1. The largest absolute Gasteiger partial charge is 0.481 e. The van der Waals surface area contributed by atoms with Gasteiger partial charge in [-0.1, -0.05) is 19.1 Å². The smallest absolute Gasteiger partial charge is 0.306 e. The number of aliphatic carboxylic acids is 1. The number of carbonyl (C=O) groups is 1. The molecule has 1 aromatic carbocycles. The van der Waals surface area contributed by atoms with E-state index in [0.717, 1.165) is 85.4 Å². The van der Waals surface area contributed by atoms with E-state index in [0.29, 0.717) is 12.0 Å². The lowest BCUT2D eigenvalue weighted by molar-refractivity contribution is -0.143. The molecule has 0 aromatic heterocycles. The number of hydrogen-bond donors (Lipinski definition) is 2. The average molecular weight is 489 g/mol. The molecule has 0 amide bonds. The summed E-state index contributed by atoms with van der Waals surface area (Å²) < 4.78 is 14.5. The molecule has 7 heteroatoms. The summed E-state index contributed by atoms with van der Waals surface area (Å²) in [5.41, 5.74) is 11.5. The van der Waals surface area contributed by atoms with Gasteiger partial charge >= 0.3 is 5.97 Å². The van der Waals surface area contributed by atoms with Crippen LogP contribution in [0.4, 0.5) is 4.39 Å². The number of hydrogen-bond acceptors (Lipinski definition) is 5. The molecular weight excluding hydrogens is 455 g/mol. The van der Waals surface area contributed by atoms with Crippen LogP contribution in [0.25, 0.3) is 11.6 Å². The van der Waals surface area contributed by atoms with Crippen molar-refractivity contribution in [1.82, 2.24) is 15.2 Å². The molecule has 1 aromatic rings. The second-order valence-electron chi connectivity index (χ2n) is 10.8. The van der Waals surface area contributed by atoms with E-state index in [1.165, 1.54) is 11.1 Å². The Bertz CT molecular complexity index is 1270. The number of carboxylic acid groups (broad SMARTS) is 1. The first-order valence-electron chi connectivity index (χ1n) is 13.1. The Morgan fingerprint density at radius 2 is 2.03 bits per heavy atom. The third kappa shape index (κ3) is 3.99. The van der Waals surface area contributed by atoms with Crippen molar-refractivity contribution in [3.63, 3.8) is 0 Å². The minimum atomic E-state index is -0.670. The van der Waals surface area contributed by atoms with E-state index in [2.05, 4.69) is 34.5 Å². The minimum Gasteiger partial charge on any atom is -0.481 e. The Morgan fingerprint density at radius 1 is 1.22 bits per heavy atom. The summed E-state index contributed by atoms with van der Waals surface area (Å²) in [5.74, 6) is -0.854. The second-order valence-corrected chi connectivity index (χ2v) is 10.8. The zero-order valence-electron chi connectivity index (χ0n) is 20.9. The van der Waals surface area contributed by atoms with Crippen molar-refractivity contribution in [2.45, 2.75) is 45.1 Å². The monoisotopic (exact) mass is 488 g/mol. The van der Waals surface area contributed by atoms with E-state index < -0.39 is 5.97 Å². The highest BCUT2D eigenvalue weighted by atomic mass is 19.1. The van der Waals surface area contributed by atoms with Gasteiger partial charge < -0.3 is 10.0 Å². The van der Waals surface area contributed by atoms with Crippen molar-refractivity contribution in [1.29, 1.82) is 0 Å². The number of halogens is 1. The lowest BCUT2D eigenvalue weighted by Crippen LogP contribution is -2.42. The highest BCUT2D eigenvalue weighted by molar-refractivity contribution is 6.20. The highest BCUT2D eigenvalue weighted by Crippen LogP contribution is 2.40. The van der Waals surface area contributed by atoms with Crippen LogP contribution in [0.15, 0.2) is 52.4 Å². The average Bonchev–Trinajstić information content (AvgIpc) is 3.22. The van der Waals surface area contributed by atoms with Crippen LogP contribution < -0.4 is 5.43 Å². The molecule has 0 saturated heterocycles. The minimum absolute atomic E-state index is 0.230. The molecule has 3 aliphatic heterocycles. The maximum Gasteiger partial charge on any atom is 0.306 e. The highest BCUT2D eigenvalue weighted by Gasteiger charge is 2.34. The van der Waals surface area contributed by atoms with Crippen molar-refractivity contribution in [2.75, 3.05) is 26.7 Å². The Balaban J connectivity index is 1.24. The number of hydrazone groups is 1. The van der Waals surface area contributed by atoms with Gasteiger partial charge in [0.25, 0.3) is 0 Å². The van der Waals surface area contributed by atoms with E-state index in [1.807, 2.05) is 19.1 Å².